The zero-order valence-corrected chi connectivity index (χ0v) is 5.13. The van der Waals surface area contributed by atoms with E-state index >= 15 is 0 Å². The van der Waals surface area contributed by atoms with Gasteiger partial charge in [0.25, 0.3) is 0 Å². The van der Waals surface area contributed by atoms with Crippen molar-refractivity contribution >= 4 is 0 Å². The summed E-state index contributed by atoms with van der Waals surface area (Å²) in [7, 11) is 0. The van der Waals surface area contributed by atoms with E-state index in [1.807, 2.05) is 5.92 Å². The first-order valence-corrected chi connectivity index (χ1v) is 0.642. The zero-order chi connectivity index (χ0) is 2.71. The molecule has 1 heteroatoms. The molecule has 0 nitrogen and oxygen atoms in total. The summed E-state index contributed by atoms with van der Waals surface area (Å²) >= 11 is 0. The Bertz CT molecular complexity index is 24.8. The van der Waals surface area contributed by atoms with Crippen molar-refractivity contribution in [2.75, 3.05) is 0 Å². The van der Waals surface area contributed by atoms with Crippen LogP contribution < -0.4 is 0 Å². The van der Waals surface area contributed by atoms with Crippen LogP contribution in [0.2, 0.25) is 0 Å². The van der Waals surface area contributed by atoms with Gasteiger partial charge in [0.2, 0.25) is 0 Å². The predicted molar refractivity (Wildman–Crippen MR) is 14.2 cm³/mol. The van der Waals surface area contributed by atoms with E-state index in [1.165, 1.54) is 0 Å². The zero-order valence-electron chi connectivity index (χ0n) is 2.19. The van der Waals surface area contributed by atoms with Gasteiger partial charge < -0.3 is 12.3 Å². The molecule has 0 amide bonds. The second-order valence-corrected chi connectivity index (χ2v) is 0.204. The topological polar surface area (TPSA) is 0 Å². The molecule has 0 rings (SSSR count). The molecule has 0 aromatic carbocycles. The van der Waals surface area contributed by atoms with Crippen LogP contribution in [0.5, 0.6) is 0 Å². The van der Waals surface area contributed by atoms with E-state index < -0.39 is 0 Å². The van der Waals surface area contributed by atoms with E-state index in [1.54, 1.807) is 0 Å². The van der Waals surface area contributed by atoms with Gasteiger partial charge in [-0.1, -0.05) is 0 Å². The van der Waals surface area contributed by atoms with Crippen LogP contribution in [0.4, 0.5) is 0 Å². The molecular weight excluding hydrogens is 220 g/mol. The molecule has 0 unspecified atom stereocenters. The maximum absolute atomic E-state index is 4.49. The van der Waals surface area contributed by atoms with Crippen LogP contribution in [0, 0.1) is 19.3 Å². The average molecular weight is 223 g/mol. The first kappa shape index (κ1) is 8.92. The minimum Gasteiger partial charge on any atom is -0.345 e. The van der Waals surface area contributed by atoms with Crippen molar-refractivity contribution in [2.24, 2.45) is 0 Å². The monoisotopic (exact) mass is 223 g/mol. The Kier molecular flexibility index (Phi) is 25.0. The van der Waals surface area contributed by atoms with Crippen LogP contribution >= 0.6 is 0 Å². The van der Waals surface area contributed by atoms with Crippen LogP contribution in [0.15, 0.2) is 0 Å². The van der Waals surface area contributed by atoms with Crippen molar-refractivity contribution in [1.82, 2.24) is 0 Å². The summed E-state index contributed by atoms with van der Waals surface area (Å²) in [5.74, 6) is 2.00. The Balaban J connectivity index is 0. The molecule has 0 aliphatic rings. The van der Waals surface area contributed by atoms with Crippen molar-refractivity contribution in [2.45, 2.75) is 0 Å². The van der Waals surface area contributed by atoms with Crippen LogP contribution in [0.1, 0.15) is 0 Å². The molecule has 0 bridgehead atoms. The van der Waals surface area contributed by atoms with E-state index in [0.717, 1.165) is 0 Å². The molecule has 0 aliphatic heterocycles. The van der Waals surface area contributed by atoms with E-state index in [2.05, 4.69) is 13.3 Å². The van der Waals surface area contributed by atoms with Crippen LogP contribution in [-0.4, -0.2) is 0 Å². The average Bonchev–Trinajstić information content (AvgIpc) is 0.918. The molecule has 0 spiro atoms. The number of terminal acetylenes is 1. The normalized spacial score (nSPS) is 1.75. The molecule has 0 heterocycles. The van der Waals surface area contributed by atoms with Gasteiger partial charge >= 0.3 is 0 Å². The summed E-state index contributed by atoms with van der Waals surface area (Å²) in [6.07, 6.45) is 4.49. The summed E-state index contributed by atoms with van der Waals surface area (Å²) < 4.78 is 0. The largest absolute Gasteiger partial charge is 0.345 e. The van der Waals surface area contributed by atoms with Crippen LogP contribution in [-0.2, 0) is 21.1 Å². The van der Waals surface area contributed by atoms with Crippen molar-refractivity contribution in [1.29, 1.82) is 0 Å². The van der Waals surface area contributed by atoms with Gasteiger partial charge in [0.15, 0.2) is 0 Å². The van der Waals surface area contributed by atoms with Gasteiger partial charge in [-0.25, -0.2) is 0 Å². The van der Waals surface area contributed by atoms with Gasteiger partial charge in [-0.15, -0.1) is 0 Å². The Morgan fingerprint density at radius 2 is 1.75 bits per heavy atom. The molecule has 0 aromatic rings. The third-order valence-electron chi connectivity index (χ3n) is 0. The maximum atomic E-state index is 4.49. The smallest absolute Gasteiger partial charge is 0 e. The van der Waals surface area contributed by atoms with E-state index in [0.29, 0.717) is 0 Å². The van der Waals surface area contributed by atoms with Crippen LogP contribution in [0.3, 0.4) is 0 Å². The molecule has 0 aromatic heterocycles. The summed E-state index contributed by atoms with van der Waals surface area (Å²) in [4.78, 5) is 0. The van der Waals surface area contributed by atoms with Gasteiger partial charge in [-0.3, -0.25) is 0 Å². The molecule has 0 aliphatic carbocycles. The Labute approximate surface area is 40.9 Å². The third kappa shape index (κ3) is 189. The molecule has 0 radical (unpaired) electrons. The van der Waals surface area contributed by atoms with Crippen molar-refractivity contribution in [3.8, 4) is 12.3 Å². The molecule has 0 atom stereocenters. The predicted octanol–water partition coefficient (Wildman–Crippen LogP) is 0.451. The standard InChI is InChI=1S/C3H3.W/c1-3-2;/h1H,2H2;/q-1;. The molecule has 0 saturated heterocycles. The fourth-order valence-electron chi connectivity index (χ4n) is 0. The van der Waals surface area contributed by atoms with Gasteiger partial charge in [0.05, 0.1) is 0 Å². The Morgan fingerprint density at radius 3 is 1.75 bits per heavy atom. The third-order valence-corrected chi connectivity index (χ3v) is 0. The maximum Gasteiger partial charge on any atom is 0 e. The summed E-state index contributed by atoms with van der Waals surface area (Å²) in [6, 6.07) is 0. The molecule has 0 fully saturated rings. The summed E-state index contributed by atoms with van der Waals surface area (Å²) in [6.45, 7) is 3.01. The van der Waals surface area contributed by atoms with Gasteiger partial charge in [0, 0.05) is 21.1 Å². The van der Waals surface area contributed by atoms with Crippen molar-refractivity contribution in [3.63, 3.8) is 0 Å². The SMILES string of the molecule is C#C[CH2-].[W]. The van der Waals surface area contributed by atoms with Crippen LogP contribution in [0.25, 0.3) is 0 Å². The quantitative estimate of drug-likeness (QED) is 0.413. The first-order valence-electron chi connectivity index (χ1n) is 0.642. The molecule has 0 saturated carbocycles. The Morgan fingerprint density at radius 1 is 1.75 bits per heavy atom. The molecule has 22 valence electrons. The van der Waals surface area contributed by atoms with E-state index in [4.69, 9.17) is 0 Å². The number of rotatable bonds is 0. The van der Waals surface area contributed by atoms with Gasteiger partial charge in [0.1, 0.15) is 0 Å². The van der Waals surface area contributed by atoms with E-state index in [9.17, 15) is 0 Å². The molecule has 4 heavy (non-hydrogen) atoms. The second-order valence-electron chi connectivity index (χ2n) is 0.204. The number of hydrogen-bond donors (Lipinski definition) is 0. The van der Waals surface area contributed by atoms with Crippen molar-refractivity contribution in [3.05, 3.63) is 6.92 Å². The minimum absolute atomic E-state index is 0. The fourth-order valence-corrected chi connectivity index (χ4v) is 0. The second kappa shape index (κ2) is 11.2. The Hall–Kier alpha value is 0.118. The first-order chi connectivity index (χ1) is 1.41. The fraction of sp³-hybridized carbons (Fsp3) is 0. The van der Waals surface area contributed by atoms with Crippen molar-refractivity contribution < 1.29 is 21.1 Å². The molecular formula is C3H3W-. The number of hydrogen-bond acceptors (Lipinski definition) is 0. The summed E-state index contributed by atoms with van der Waals surface area (Å²) in [5, 5.41) is 0. The van der Waals surface area contributed by atoms with Gasteiger partial charge in [-0.05, 0) is 0 Å². The van der Waals surface area contributed by atoms with Gasteiger partial charge in [-0.2, -0.15) is 6.92 Å². The molecule has 0 N–H and O–H groups in total. The summed E-state index contributed by atoms with van der Waals surface area (Å²) in [5.41, 5.74) is 0. The minimum atomic E-state index is 0. The van der Waals surface area contributed by atoms with E-state index in [-0.39, 0.29) is 21.1 Å².